The molecular formula is C17H20N2O3. The second kappa shape index (κ2) is 6.75. The lowest BCUT2D eigenvalue weighted by molar-refractivity contribution is -0.121. The van der Waals surface area contributed by atoms with Crippen molar-refractivity contribution >= 4 is 16.8 Å². The van der Waals surface area contributed by atoms with Crippen LogP contribution in [0.2, 0.25) is 0 Å². The minimum Gasteiger partial charge on any atom is -0.376 e. The Morgan fingerprint density at radius 3 is 3.05 bits per heavy atom. The van der Waals surface area contributed by atoms with Crippen LogP contribution in [0.15, 0.2) is 35.1 Å². The average Bonchev–Trinajstić information content (AvgIpc) is 3.04. The van der Waals surface area contributed by atoms with Gasteiger partial charge in [-0.1, -0.05) is 18.2 Å². The van der Waals surface area contributed by atoms with E-state index in [1.165, 1.54) is 0 Å². The topological polar surface area (TPSA) is 71.2 Å². The molecule has 0 spiro atoms. The highest BCUT2D eigenvalue weighted by Crippen LogP contribution is 2.12. The molecule has 0 bridgehead atoms. The Balaban J connectivity index is 1.57. The number of rotatable bonds is 5. The smallest absolute Gasteiger partial charge is 0.251 e. The molecule has 1 aromatic heterocycles. The number of carbonyl (C=O) groups excluding carboxylic acids is 1. The van der Waals surface area contributed by atoms with Crippen molar-refractivity contribution in [3.05, 3.63) is 46.2 Å². The van der Waals surface area contributed by atoms with Gasteiger partial charge in [0, 0.05) is 30.7 Å². The Morgan fingerprint density at radius 1 is 1.36 bits per heavy atom. The summed E-state index contributed by atoms with van der Waals surface area (Å²) in [6.45, 7) is 1.35. The van der Waals surface area contributed by atoms with Crippen LogP contribution in [0.4, 0.5) is 0 Å². The van der Waals surface area contributed by atoms with E-state index < -0.39 is 0 Å². The monoisotopic (exact) mass is 300 g/mol. The van der Waals surface area contributed by atoms with Gasteiger partial charge in [0.25, 0.3) is 5.56 Å². The Labute approximate surface area is 128 Å². The third-order valence-corrected chi connectivity index (χ3v) is 4.00. The van der Waals surface area contributed by atoms with E-state index >= 15 is 0 Å². The fraction of sp³-hybridized carbons (Fsp3) is 0.412. The third kappa shape index (κ3) is 3.54. The molecule has 116 valence electrons. The number of benzene rings is 1. The first kappa shape index (κ1) is 14.8. The maximum Gasteiger partial charge on any atom is 0.251 e. The molecule has 22 heavy (non-hydrogen) atoms. The van der Waals surface area contributed by atoms with Crippen molar-refractivity contribution < 1.29 is 9.53 Å². The number of hydrogen-bond acceptors (Lipinski definition) is 3. The minimum absolute atomic E-state index is 0.0388. The quantitative estimate of drug-likeness (QED) is 0.884. The van der Waals surface area contributed by atoms with Crippen LogP contribution in [0.3, 0.4) is 0 Å². The number of para-hydroxylation sites is 1. The van der Waals surface area contributed by atoms with Crippen LogP contribution in [-0.4, -0.2) is 30.1 Å². The number of ether oxygens (including phenoxy) is 1. The van der Waals surface area contributed by atoms with Crippen molar-refractivity contribution in [2.75, 3.05) is 13.2 Å². The summed E-state index contributed by atoms with van der Waals surface area (Å²) in [6, 6.07) is 9.50. The average molecular weight is 300 g/mol. The van der Waals surface area contributed by atoms with Crippen molar-refractivity contribution in [3.8, 4) is 0 Å². The van der Waals surface area contributed by atoms with E-state index in [0.717, 1.165) is 30.4 Å². The maximum atomic E-state index is 12.0. The van der Waals surface area contributed by atoms with Gasteiger partial charge in [0.2, 0.25) is 5.91 Å². The van der Waals surface area contributed by atoms with Crippen LogP contribution >= 0.6 is 0 Å². The van der Waals surface area contributed by atoms with E-state index in [4.69, 9.17) is 4.74 Å². The molecule has 2 N–H and O–H groups in total. The summed E-state index contributed by atoms with van der Waals surface area (Å²) in [7, 11) is 0. The van der Waals surface area contributed by atoms with E-state index in [2.05, 4.69) is 10.3 Å². The van der Waals surface area contributed by atoms with Crippen LogP contribution in [0.5, 0.6) is 0 Å². The molecule has 1 unspecified atom stereocenters. The molecule has 2 heterocycles. The SMILES string of the molecule is O=C(CCc1cc2ccccc2[nH]c1=O)NCC1CCCO1. The number of aryl methyl sites for hydroxylation is 1. The standard InChI is InChI=1S/C17H20N2O3/c20-16(18-11-14-5-3-9-22-14)8-7-13-10-12-4-1-2-6-15(12)19-17(13)21/h1-2,4,6,10,14H,3,5,7-9,11H2,(H,18,20)(H,19,21). The molecule has 1 saturated heterocycles. The van der Waals surface area contributed by atoms with Gasteiger partial charge in [-0.25, -0.2) is 0 Å². The third-order valence-electron chi connectivity index (χ3n) is 4.00. The van der Waals surface area contributed by atoms with Gasteiger partial charge in [-0.05, 0) is 36.8 Å². The van der Waals surface area contributed by atoms with Gasteiger partial charge in [-0.2, -0.15) is 0 Å². The number of H-pyrrole nitrogens is 1. The van der Waals surface area contributed by atoms with Gasteiger partial charge in [0.05, 0.1) is 6.10 Å². The van der Waals surface area contributed by atoms with Gasteiger partial charge in [0.1, 0.15) is 0 Å². The van der Waals surface area contributed by atoms with Gasteiger partial charge in [-0.3, -0.25) is 9.59 Å². The van der Waals surface area contributed by atoms with E-state index in [9.17, 15) is 9.59 Å². The van der Waals surface area contributed by atoms with Crippen molar-refractivity contribution in [2.45, 2.75) is 31.8 Å². The molecule has 1 fully saturated rings. The first-order valence-electron chi connectivity index (χ1n) is 7.71. The summed E-state index contributed by atoms with van der Waals surface area (Å²) >= 11 is 0. The van der Waals surface area contributed by atoms with Crippen LogP contribution < -0.4 is 10.9 Å². The van der Waals surface area contributed by atoms with Crippen LogP contribution in [-0.2, 0) is 16.0 Å². The van der Waals surface area contributed by atoms with Crippen molar-refractivity contribution in [3.63, 3.8) is 0 Å². The lowest BCUT2D eigenvalue weighted by Crippen LogP contribution is -2.32. The van der Waals surface area contributed by atoms with E-state index in [1.807, 2.05) is 30.3 Å². The number of aromatic nitrogens is 1. The normalized spacial score (nSPS) is 17.7. The molecule has 1 aliphatic heterocycles. The fourth-order valence-corrected chi connectivity index (χ4v) is 2.75. The van der Waals surface area contributed by atoms with E-state index in [-0.39, 0.29) is 17.6 Å². The molecule has 5 nitrogen and oxygen atoms in total. The Hall–Kier alpha value is -2.14. The van der Waals surface area contributed by atoms with Crippen molar-refractivity contribution in [1.82, 2.24) is 10.3 Å². The lowest BCUT2D eigenvalue weighted by atomic mass is 10.1. The van der Waals surface area contributed by atoms with Crippen LogP contribution in [0.25, 0.3) is 10.9 Å². The van der Waals surface area contributed by atoms with Gasteiger partial charge >= 0.3 is 0 Å². The molecule has 1 atom stereocenters. The lowest BCUT2D eigenvalue weighted by Gasteiger charge is -2.10. The number of aromatic amines is 1. The molecular weight excluding hydrogens is 280 g/mol. The summed E-state index contributed by atoms with van der Waals surface area (Å²) in [5.41, 5.74) is 1.34. The molecule has 1 amide bonds. The Morgan fingerprint density at radius 2 is 2.23 bits per heavy atom. The number of amides is 1. The van der Waals surface area contributed by atoms with Gasteiger partial charge in [-0.15, -0.1) is 0 Å². The Bertz CT molecular complexity index is 717. The number of hydrogen-bond donors (Lipinski definition) is 2. The number of carbonyl (C=O) groups is 1. The number of nitrogens with one attached hydrogen (secondary N) is 2. The number of pyridine rings is 1. The molecule has 0 radical (unpaired) electrons. The zero-order valence-corrected chi connectivity index (χ0v) is 12.4. The highest BCUT2D eigenvalue weighted by atomic mass is 16.5. The second-order valence-electron chi connectivity index (χ2n) is 5.65. The maximum absolute atomic E-state index is 12.0. The van der Waals surface area contributed by atoms with Crippen LogP contribution in [0, 0.1) is 0 Å². The summed E-state index contributed by atoms with van der Waals surface area (Å²) in [5, 5.41) is 3.86. The molecule has 0 saturated carbocycles. The zero-order valence-electron chi connectivity index (χ0n) is 12.4. The summed E-state index contributed by atoms with van der Waals surface area (Å²) in [6.07, 6.45) is 2.97. The molecule has 2 aromatic rings. The van der Waals surface area contributed by atoms with Gasteiger partial charge < -0.3 is 15.0 Å². The van der Waals surface area contributed by atoms with Crippen molar-refractivity contribution in [1.29, 1.82) is 0 Å². The minimum atomic E-state index is -0.120. The van der Waals surface area contributed by atoms with Crippen molar-refractivity contribution in [2.24, 2.45) is 0 Å². The highest BCUT2D eigenvalue weighted by molar-refractivity contribution is 5.79. The van der Waals surface area contributed by atoms with Gasteiger partial charge in [0.15, 0.2) is 0 Å². The summed E-state index contributed by atoms with van der Waals surface area (Å²) < 4.78 is 5.46. The first-order chi connectivity index (χ1) is 10.7. The predicted octanol–water partition coefficient (Wildman–Crippen LogP) is 1.76. The predicted molar refractivity (Wildman–Crippen MR) is 84.9 cm³/mol. The molecule has 1 aliphatic rings. The van der Waals surface area contributed by atoms with E-state index in [0.29, 0.717) is 24.9 Å². The fourth-order valence-electron chi connectivity index (χ4n) is 2.75. The largest absolute Gasteiger partial charge is 0.376 e. The van der Waals surface area contributed by atoms with E-state index in [1.54, 1.807) is 0 Å². The Kier molecular flexibility index (Phi) is 4.53. The molecule has 3 rings (SSSR count). The highest BCUT2D eigenvalue weighted by Gasteiger charge is 2.16. The summed E-state index contributed by atoms with van der Waals surface area (Å²) in [5.74, 6) is -0.0388. The van der Waals surface area contributed by atoms with Crippen LogP contribution in [0.1, 0.15) is 24.8 Å². The number of fused-ring (bicyclic) bond motifs is 1. The zero-order chi connectivity index (χ0) is 15.4. The summed E-state index contributed by atoms with van der Waals surface area (Å²) in [4.78, 5) is 26.7. The molecule has 0 aliphatic carbocycles. The second-order valence-corrected chi connectivity index (χ2v) is 5.65. The first-order valence-corrected chi connectivity index (χ1v) is 7.71. The molecule has 5 heteroatoms. The molecule has 1 aromatic carbocycles.